The number of rotatable bonds is 7. The van der Waals surface area contributed by atoms with Gasteiger partial charge in [-0.2, -0.15) is 0 Å². The number of hydrogen-bond acceptors (Lipinski definition) is 5. The molecule has 2 N–H and O–H groups in total. The first-order valence-electron chi connectivity index (χ1n) is 11.8. The molecule has 2 saturated heterocycles. The lowest BCUT2D eigenvalue weighted by Crippen LogP contribution is -2.60. The quantitative estimate of drug-likeness (QED) is 0.669. The molecule has 2 unspecified atom stereocenters. The molecule has 2 aliphatic heterocycles. The van der Waals surface area contributed by atoms with Crippen molar-refractivity contribution in [1.29, 1.82) is 0 Å². The second-order valence-electron chi connectivity index (χ2n) is 9.11. The number of benzene rings is 2. The molecular formula is C26H33N3O4. The van der Waals surface area contributed by atoms with Gasteiger partial charge in [0.1, 0.15) is 0 Å². The van der Waals surface area contributed by atoms with Crippen molar-refractivity contribution in [3.8, 4) is 0 Å². The Balaban J connectivity index is 1.55. The molecule has 0 radical (unpaired) electrons. The topological polar surface area (TPSA) is 84.3 Å². The molecule has 2 aliphatic rings. The number of likely N-dealkylation sites (tertiary alicyclic amines) is 1. The number of piperazine rings is 1. The number of carboxylic acid groups (broad SMARTS) is 1. The zero-order valence-electron chi connectivity index (χ0n) is 18.9. The van der Waals surface area contributed by atoms with Gasteiger partial charge in [0.2, 0.25) is 5.91 Å². The highest BCUT2D eigenvalue weighted by Gasteiger charge is 2.36. The molecule has 2 fully saturated rings. The van der Waals surface area contributed by atoms with E-state index in [0.717, 1.165) is 30.5 Å². The minimum Gasteiger partial charge on any atom is -0.480 e. The van der Waals surface area contributed by atoms with E-state index in [1.165, 1.54) is 0 Å². The van der Waals surface area contributed by atoms with Crippen LogP contribution in [0.2, 0.25) is 0 Å². The van der Waals surface area contributed by atoms with E-state index in [9.17, 15) is 19.8 Å². The van der Waals surface area contributed by atoms with Crippen LogP contribution in [0, 0.1) is 0 Å². The fraction of sp³-hybridized carbons (Fsp3) is 0.462. The van der Waals surface area contributed by atoms with Gasteiger partial charge in [-0.05, 0) is 30.5 Å². The van der Waals surface area contributed by atoms with Crippen LogP contribution in [0.15, 0.2) is 60.7 Å². The van der Waals surface area contributed by atoms with Crippen molar-refractivity contribution in [2.45, 2.75) is 30.9 Å². The van der Waals surface area contributed by atoms with Gasteiger partial charge in [0.15, 0.2) is 0 Å². The predicted molar refractivity (Wildman–Crippen MR) is 126 cm³/mol. The Kier molecular flexibility index (Phi) is 7.75. The number of β-amino-alcohol motifs (C(OH)–C–C–N with tert-alkyl or cyclic N) is 1. The molecule has 33 heavy (non-hydrogen) atoms. The highest BCUT2D eigenvalue weighted by Crippen LogP contribution is 2.28. The maximum Gasteiger partial charge on any atom is 0.317 e. The number of aliphatic carboxylic acids is 1. The zero-order valence-corrected chi connectivity index (χ0v) is 18.9. The van der Waals surface area contributed by atoms with Crippen LogP contribution in [0.5, 0.6) is 0 Å². The Morgan fingerprint density at radius 2 is 1.55 bits per heavy atom. The van der Waals surface area contributed by atoms with E-state index < -0.39 is 11.9 Å². The zero-order chi connectivity index (χ0) is 23.2. The highest BCUT2D eigenvalue weighted by molar-refractivity contribution is 5.87. The molecule has 7 nitrogen and oxygen atoms in total. The van der Waals surface area contributed by atoms with Crippen LogP contribution in [0.4, 0.5) is 0 Å². The summed E-state index contributed by atoms with van der Waals surface area (Å²) in [7, 11) is 0. The van der Waals surface area contributed by atoms with E-state index >= 15 is 0 Å². The van der Waals surface area contributed by atoms with Gasteiger partial charge in [0.25, 0.3) is 0 Å². The normalized spacial score (nSPS) is 22.4. The third-order valence-corrected chi connectivity index (χ3v) is 6.72. The molecule has 0 spiro atoms. The Labute approximate surface area is 195 Å². The fourth-order valence-corrected chi connectivity index (χ4v) is 5.09. The maximum absolute atomic E-state index is 13.9. The summed E-state index contributed by atoms with van der Waals surface area (Å²) in [4.78, 5) is 31.4. The SMILES string of the molecule is O=C(O)CN1CCN(C(=O)C(c2ccccc2)c2ccccc2)CC1CN1CCCC(O)C1. The summed E-state index contributed by atoms with van der Waals surface area (Å²) >= 11 is 0. The number of nitrogens with zero attached hydrogens (tertiary/aromatic N) is 3. The van der Waals surface area contributed by atoms with Crippen molar-refractivity contribution in [1.82, 2.24) is 14.7 Å². The molecule has 2 atom stereocenters. The van der Waals surface area contributed by atoms with Gasteiger partial charge < -0.3 is 15.1 Å². The molecule has 0 aliphatic carbocycles. The average Bonchev–Trinajstić information content (AvgIpc) is 2.81. The number of amides is 1. The maximum atomic E-state index is 13.9. The Bertz CT molecular complexity index is 884. The monoisotopic (exact) mass is 451 g/mol. The van der Waals surface area contributed by atoms with Gasteiger partial charge in [-0.1, -0.05) is 60.7 Å². The summed E-state index contributed by atoms with van der Waals surface area (Å²) in [5, 5.41) is 19.5. The van der Waals surface area contributed by atoms with Crippen LogP contribution in [0.1, 0.15) is 29.9 Å². The van der Waals surface area contributed by atoms with E-state index in [4.69, 9.17) is 0 Å². The molecular weight excluding hydrogens is 418 g/mol. The third kappa shape index (κ3) is 5.99. The van der Waals surface area contributed by atoms with Crippen molar-refractivity contribution in [3.63, 3.8) is 0 Å². The van der Waals surface area contributed by atoms with Gasteiger partial charge in [0.05, 0.1) is 18.6 Å². The number of hydrogen-bond donors (Lipinski definition) is 2. The summed E-state index contributed by atoms with van der Waals surface area (Å²) in [6.45, 7) is 3.60. The molecule has 176 valence electrons. The van der Waals surface area contributed by atoms with Crippen LogP contribution >= 0.6 is 0 Å². The van der Waals surface area contributed by atoms with E-state index in [0.29, 0.717) is 32.7 Å². The van der Waals surface area contributed by atoms with Crippen LogP contribution < -0.4 is 0 Å². The minimum atomic E-state index is -0.857. The van der Waals surface area contributed by atoms with Crippen molar-refractivity contribution >= 4 is 11.9 Å². The summed E-state index contributed by atoms with van der Waals surface area (Å²) in [5.74, 6) is -1.20. The lowest BCUT2D eigenvalue weighted by molar-refractivity contribution is -0.141. The first-order valence-corrected chi connectivity index (χ1v) is 11.8. The van der Waals surface area contributed by atoms with Crippen LogP contribution in [-0.4, -0.2) is 94.7 Å². The van der Waals surface area contributed by atoms with Crippen molar-refractivity contribution in [2.24, 2.45) is 0 Å². The van der Waals surface area contributed by atoms with Crippen molar-refractivity contribution in [2.75, 3.05) is 45.8 Å². The molecule has 0 bridgehead atoms. The Morgan fingerprint density at radius 1 is 0.909 bits per heavy atom. The first-order chi connectivity index (χ1) is 16.0. The summed E-state index contributed by atoms with van der Waals surface area (Å²) < 4.78 is 0. The van der Waals surface area contributed by atoms with Gasteiger partial charge in [-0.15, -0.1) is 0 Å². The van der Waals surface area contributed by atoms with Crippen LogP contribution in [-0.2, 0) is 9.59 Å². The second-order valence-corrected chi connectivity index (χ2v) is 9.11. The standard InChI is InChI=1S/C26H33N3O4/c30-23-12-7-13-27(18-23)16-22-17-29(15-14-28(22)19-24(31)32)26(33)25(20-8-3-1-4-9-20)21-10-5-2-6-11-21/h1-6,8-11,22-23,25,30H,7,12-19H2,(H,31,32). The molecule has 7 heteroatoms. The fourth-order valence-electron chi connectivity index (χ4n) is 5.09. The number of aliphatic hydroxyl groups is 1. The van der Waals surface area contributed by atoms with Gasteiger partial charge in [-0.3, -0.25) is 19.4 Å². The lowest BCUT2D eigenvalue weighted by atomic mass is 9.89. The third-order valence-electron chi connectivity index (χ3n) is 6.72. The van der Waals surface area contributed by atoms with E-state index in [-0.39, 0.29) is 24.6 Å². The Morgan fingerprint density at radius 3 is 2.12 bits per heavy atom. The molecule has 2 aromatic rings. The van der Waals surface area contributed by atoms with Crippen molar-refractivity contribution in [3.05, 3.63) is 71.8 Å². The predicted octanol–water partition coefficient (Wildman–Crippen LogP) is 1.87. The number of carboxylic acids is 1. The van der Waals surface area contributed by atoms with Gasteiger partial charge in [-0.25, -0.2) is 0 Å². The number of carbonyl (C=O) groups is 2. The summed E-state index contributed by atoms with van der Waals surface area (Å²) in [6, 6.07) is 19.6. The molecule has 2 heterocycles. The number of carbonyl (C=O) groups excluding carboxylic acids is 1. The van der Waals surface area contributed by atoms with Crippen LogP contribution in [0.25, 0.3) is 0 Å². The molecule has 0 saturated carbocycles. The highest BCUT2D eigenvalue weighted by atomic mass is 16.4. The van der Waals surface area contributed by atoms with Crippen LogP contribution in [0.3, 0.4) is 0 Å². The Hall–Kier alpha value is -2.74. The number of piperidine rings is 1. The lowest BCUT2D eigenvalue weighted by Gasteiger charge is -2.44. The molecule has 4 rings (SSSR count). The largest absolute Gasteiger partial charge is 0.480 e. The minimum absolute atomic E-state index is 0.0378. The summed E-state index contributed by atoms with van der Waals surface area (Å²) in [6.07, 6.45) is 1.40. The van der Waals surface area contributed by atoms with E-state index in [1.807, 2.05) is 70.5 Å². The van der Waals surface area contributed by atoms with Gasteiger partial charge >= 0.3 is 5.97 Å². The summed E-state index contributed by atoms with van der Waals surface area (Å²) in [5.41, 5.74) is 1.91. The van der Waals surface area contributed by atoms with Gasteiger partial charge in [0, 0.05) is 38.8 Å². The average molecular weight is 452 g/mol. The number of aliphatic hydroxyl groups excluding tert-OH is 1. The molecule has 1 amide bonds. The first kappa shape index (κ1) is 23.4. The molecule has 2 aromatic carbocycles. The molecule has 0 aromatic heterocycles. The van der Waals surface area contributed by atoms with E-state index in [1.54, 1.807) is 0 Å². The van der Waals surface area contributed by atoms with Crippen molar-refractivity contribution < 1.29 is 19.8 Å². The van der Waals surface area contributed by atoms with E-state index in [2.05, 4.69) is 4.90 Å². The second kappa shape index (κ2) is 10.9. The smallest absolute Gasteiger partial charge is 0.317 e.